The van der Waals surface area contributed by atoms with Crippen molar-refractivity contribution in [3.05, 3.63) is 40.5 Å². The molecule has 1 amide bonds. The molecule has 1 aliphatic heterocycles. The third kappa shape index (κ3) is 2.76. The van der Waals surface area contributed by atoms with Crippen LogP contribution < -0.4 is 9.64 Å². The van der Waals surface area contributed by atoms with Crippen LogP contribution in [0.1, 0.15) is 48.0 Å². The van der Waals surface area contributed by atoms with Crippen LogP contribution in [-0.4, -0.2) is 24.0 Å². The maximum Gasteiger partial charge on any atom is 0.280 e. The Morgan fingerprint density at radius 1 is 1.30 bits per heavy atom. The van der Waals surface area contributed by atoms with E-state index >= 15 is 0 Å². The third-order valence-electron chi connectivity index (χ3n) is 4.47. The number of carbonyl (C=O) groups is 1. The molecule has 6 heteroatoms. The number of benzene rings is 1. The predicted molar refractivity (Wildman–Crippen MR) is 89.0 cm³/mol. The first kappa shape index (κ1) is 14.8. The summed E-state index contributed by atoms with van der Waals surface area (Å²) in [6.45, 7) is 0.988. The van der Waals surface area contributed by atoms with Crippen LogP contribution >= 0.6 is 15.9 Å². The van der Waals surface area contributed by atoms with E-state index in [1.165, 1.54) is 19.1 Å². The maximum absolute atomic E-state index is 12.8. The molecule has 0 saturated heterocycles. The highest BCUT2D eigenvalue weighted by atomic mass is 79.9. The second kappa shape index (κ2) is 6.00. The van der Waals surface area contributed by atoms with Crippen LogP contribution in [0.5, 0.6) is 5.75 Å². The second-order valence-corrected chi connectivity index (χ2v) is 6.89. The van der Waals surface area contributed by atoms with Gasteiger partial charge in [0.25, 0.3) is 5.91 Å². The number of oxazole rings is 1. The Balaban J connectivity index is 1.61. The normalized spacial score (nSPS) is 17.9. The maximum atomic E-state index is 12.8. The van der Waals surface area contributed by atoms with Gasteiger partial charge in [-0.1, -0.05) is 28.8 Å². The van der Waals surface area contributed by atoms with Crippen molar-refractivity contribution in [2.45, 2.75) is 31.6 Å². The van der Waals surface area contributed by atoms with Crippen molar-refractivity contribution < 1.29 is 13.9 Å². The number of halogens is 1. The largest absolute Gasteiger partial charge is 0.490 e. The van der Waals surface area contributed by atoms with E-state index in [0.29, 0.717) is 36.4 Å². The molecule has 0 spiro atoms. The van der Waals surface area contributed by atoms with Crippen LogP contribution in [0.25, 0.3) is 0 Å². The number of fused-ring (bicyclic) bond motifs is 1. The van der Waals surface area contributed by atoms with Crippen molar-refractivity contribution in [2.24, 2.45) is 0 Å². The Kier molecular flexibility index (Phi) is 3.85. The molecular weight excluding hydrogens is 360 g/mol. The first-order valence-corrected chi connectivity index (χ1v) is 8.71. The van der Waals surface area contributed by atoms with Crippen LogP contribution in [0.15, 0.2) is 33.4 Å². The number of rotatable bonds is 2. The molecule has 23 heavy (non-hydrogen) atoms. The van der Waals surface area contributed by atoms with Gasteiger partial charge in [-0.3, -0.25) is 9.69 Å². The lowest BCUT2D eigenvalue weighted by Crippen LogP contribution is -2.38. The molecule has 0 unspecified atom stereocenters. The van der Waals surface area contributed by atoms with Gasteiger partial charge in [-0.25, -0.2) is 4.98 Å². The number of amides is 1. The molecule has 0 radical (unpaired) electrons. The lowest BCUT2D eigenvalue weighted by Gasteiger charge is -2.29. The average molecular weight is 377 g/mol. The number of hydrogen-bond donors (Lipinski definition) is 0. The van der Waals surface area contributed by atoms with E-state index in [2.05, 4.69) is 20.9 Å². The molecule has 0 N–H and O–H groups in total. The highest BCUT2D eigenvalue weighted by Gasteiger charge is 2.29. The number of carbonyl (C=O) groups excluding carboxylic acids is 1. The molecule has 1 aromatic heterocycles. The van der Waals surface area contributed by atoms with Crippen molar-refractivity contribution in [1.29, 1.82) is 0 Å². The van der Waals surface area contributed by atoms with Crippen LogP contribution in [0.4, 0.5) is 5.69 Å². The summed E-state index contributed by atoms with van der Waals surface area (Å²) in [6, 6.07) is 5.66. The van der Waals surface area contributed by atoms with Gasteiger partial charge < -0.3 is 9.15 Å². The summed E-state index contributed by atoms with van der Waals surface area (Å²) in [5.74, 6) is 1.64. The van der Waals surface area contributed by atoms with E-state index in [4.69, 9.17) is 9.15 Å². The molecule has 1 fully saturated rings. The Bertz CT molecular complexity index is 737. The first-order chi connectivity index (χ1) is 11.2. The Hall–Kier alpha value is -1.82. The molecule has 2 aromatic rings. The summed E-state index contributed by atoms with van der Waals surface area (Å²) in [5, 5.41) is 0. The molecule has 1 aliphatic carbocycles. The molecule has 1 aromatic carbocycles. The summed E-state index contributed by atoms with van der Waals surface area (Å²) in [6.07, 6.45) is 6.11. The molecule has 5 nitrogen and oxygen atoms in total. The standard InChI is InChI=1S/C17H17BrN2O3/c18-12-5-6-15-14(9-12)20(7-8-22-15)17(21)13-10-23-16(19-13)11-3-1-2-4-11/h5-6,9-11H,1-4,7-8H2. The van der Waals surface area contributed by atoms with Gasteiger partial charge in [-0.15, -0.1) is 0 Å². The lowest BCUT2D eigenvalue weighted by atomic mass is 10.1. The van der Waals surface area contributed by atoms with E-state index in [1.807, 2.05) is 18.2 Å². The average Bonchev–Trinajstić information content (AvgIpc) is 3.24. The third-order valence-corrected chi connectivity index (χ3v) is 4.97. The monoisotopic (exact) mass is 376 g/mol. The number of hydrogen-bond acceptors (Lipinski definition) is 4. The highest BCUT2D eigenvalue weighted by molar-refractivity contribution is 9.10. The van der Waals surface area contributed by atoms with Crippen LogP contribution in [0, 0.1) is 0 Å². The zero-order chi connectivity index (χ0) is 15.8. The molecular formula is C17H17BrN2O3. The molecule has 0 bridgehead atoms. The Morgan fingerprint density at radius 2 is 2.13 bits per heavy atom. The van der Waals surface area contributed by atoms with Crippen molar-refractivity contribution in [3.8, 4) is 5.75 Å². The highest BCUT2D eigenvalue weighted by Crippen LogP contribution is 2.36. The second-order valence-electron chi connectivity index (χ2n) is 5.97. The number of anilines is 1. The fourth-order valence-corrected chi connectivity index (χ4v) is 3.64. The summed E-state index contributed by atoms with van der Waals surface area (Å²) in [7, 11) is 0. The zero-order valence-corrected chi connectivity index (χ0v) is 14.2. The summed E-state index contributed by atoms with van der Waals surface area (Å²) in [4.78, 5) is 19.0. The molecule has 2 aliphatic rings. The number of nitrogens with zero attached hydrogens (tertiary/aromatic N) is 2. The zero-order valence-electron chi connectivity index (χ0n) is 12.6. The van der Waals surface area contributed by atoms with Crippen LogP contribution in [0.2, 0.25) is 0 Å². The van der Waals surface area contributed by atoms with Gasteiger partial charge in [-0.05, 0) is 31.0 Å². The van der Waals surface area contributed by atoms with E-state index in [1.54, 1.807) is 4.90 Å². The Labute approximate surface area is 142 Å². The lowest BCUT2D eigenvalue weighted by molar-refractivity contribution is 0.0971. The first-order valence-electron chi connectivity index (χ1n) is 7.92. The molecule has 0 atom stereocenters. The van der Waals surface area contributed by atoms with Gasteiger partial charge in [0.05, 0.1) is 12.2 Å². The van der Waals surface area contributed by atoms with Gasteiger partial charge in [-0.2, -0.15) is 0 Å². The van der Waals surface area contributed by atoms with E-state index in [-0.39, 0.29) is 5.91 Å². The van der Waals surface area contributed by atoms with Gasteiger partial charge in [0.15, 0.2) is 11.6 Å². The SMILES string of the molecule is O=C(c1coc(C2CCCC2)n1)N1CCOc2ccc(Br)cc21. The summed E-state index contributed by atoms with van der Waals surface area (Å²) >= 11 is 3.44. The molecule has 2 heterocycles. The van der Waals surface area contributed by atoms with Gasteiger partial charge >= 0.3 is 0 Å². The minimum atomic E-state index is -0.138. The molecule has 1 saturated carbocycles. The quantitative estimate of drug-likeness (QED) is 0.790. The van der Waals surface area contributed by atoms with E-state index in [0.717, 1.165) is 23.0 Å². The smallest absolute Gasteiger partial charge is 0.280 e. The minimum absolute atomic E-state index is 0.138. The van der Waals surface area contributed by atoms with E-state index in [9.17, 15) is 4.79 Å². The summed E-state index contributed by atoms with van der Waals surface area (Å²) in [5.41, 5.74) is 1.14. The number of ether oxygens (including phenoxy) is 1. The van der Waals surface area contributed by atoms with Crippen molar-refractivity contribution in [2.75, 3.05) is 18.1 Å². The van der Waals surface area contributed by atoms with Crippen LogP contribution in [-0.2, 0) is 0 Å². The molecule has 120 valence electrons. The van der Waals surface area contributed by atoms with Crippen molar-refractivity contribution >= 4 is 27.5 Å². The topological polar surface area (TPSA) is 55.6 Å². The van der Waals surface area contributed by atoms with Gasteiger partial charge in [0, 0.05) is 10.4 Å². The van der Waals surface area contributed by atoms with Crippen LogP contribution in [0.3, 0.4) is 0 Å². The predicted octanol–water partition coefficient (Wildman–Crippen LogP) is 4.13. The minimum Gasteiger partial charge on any atom is -0.490 e. The van der Waals surface area contributed by atoms with Crippen molar-refractivity contribution in [3.63, 3.8) is 0 Å². The van der Waals surface area contributed by atoms with Gasteiger partial charge in [0.2, 0.25) is 0 Å². The summed E-state index contributed by atoms with van der Waals surface area (Å²) < 4.78 is 12.1. The fourth-order valence-electron chi connectivity index (χ4n) is 3.29. The van der Waals surface area contributed by atoms with E-state index < -0.39 is 0 Å². The van der Waals surface area contributed by atoms with Gasteiger partial charge in [0.1, 0.15) is 18.6 Å². The molecule has 4 rings (SSSR count). The Morgan fingerprint density at radius 3 is 2.96 bits per heavy atom. The fraction of sp³-hybridized carbons (Fsp3) is 0.412. The number of aromatic nitrogens is 1. The van der Waals surface area contributed by atoms with Crippen molar-refractivity contribution in [1.82, 2.24) is 4.98 Å².